The minimum absolute atomic E-state index is 0.0822. The number of methoxy groups -OCH3 is 1. The van der Waals surface area contributed by atoms with Gasteiger partial charge in [0.1, 0.15) is 36.0 Å². The minimum atomic E-state index is -0.533. The van der Waals surface area contributed by atoms with Crippen molar-refractivity contribution < 1.29 is 23.9 Å². The molecule has 0 aliphatic heterocycles. The maximum Gasteiger partial charge on any atom is 0.271 e. The molecule has 41 heavy (non-hydrogen) atoms. The fourth-order valence-electron chi connectivity index (χ4n) is 4.07. The van der Waals surface area contributed by atoms with Crippen molar-refractivity contribution >= 4 is 40.0 Å². The lowest BCUT2D eigenvalue weighted by Crippen LogP contribution is -2.46. The highest BCUT2D eigenvalue weighted by Gasteiger charge is 2.24. The number of aromatic amines is 1. The molecule has 0 spiro atoms. The number of benzene rings is 3. The van der Waals surface area contributed by atoms with Gasteiger partial charge in [0, 0.05) is 11.7 Å². The smallest absolute Gasteiger partial charge is 0.271 e. The quantitative estimate of drug-likeness (QED) is 0.212. The molecular formula is C31H31N5O5. The molecule has 10 heteroatoms. The van der Waals surface area contributed by atoms with Crippen molar-refractivity contribution in [2.75, 3.05) is 25.5 Å². The first-order valence-corrected chi connectivity index (χ1v) is 13.1. The van der Waals surface area contributed by atoms with Crippen LogP contribution in [0.2, 0.25) is 0 Å². The van der Waals surface area contributed by atoms with E-state index in [1.807, 2.05) is 13.8 Å². The van der Waals surface area contributed by atoms with Crippen LogP contribution in [0.3, 0.4) is 0 Å². The van der Waals surface area contributed by atoms with E-state index >= 15 is 0 Å². The van der Waals surface area contributed by atoms with Gasteiger partial charge in [-0.05, 0) is 73.3 Å². The zero-order valence-corrected chi connectivity index (χ0v) is 23.1. The lowest BCUT2D eigenvalue weighted by molar-refractivity contribution is -0.123. The third kappa shape index (κ3) is 7.42. The molecule has 1 unspecified atom stereocenters. The van der Waals surface area contributed by atoms with Gasteiger partial charge in [-0.2, -0.15) is 0 Å². The van der Waals surface area contributed by atoms with Gasteiger partial charge in [0.15, 0.2) is 0 Å². The first kappa shape index (κ1) is 28.7. The topological polar surface area (TPSA) is 117 Å². The first-order chi connectivity index (χ1) is 19.8. The molecule has 0 bridgehead atoms. The molecule has 1 atom stereocenters. The molecule has 0 saturated heterocycles. The number of amides is 3. The molecule has 0 saturated carbocycles. The van der Waals surface area contributed by atoms with Gasteiger partial charge >= 0.3 is 0 Å². The van der Waals surface area contributed by atoms with Gasteiger partial charge in [-0.25, -0.2) is 4.85 Å². The second-order valence-electron chi connectivity index (χ2n) is 9.42. The van der Waals surface area contributed by atoms with E-state index in [9.17, 15) is 14.4 Å². The Bertz CT molecular complexity index is 1570. The van der Waals surface area contributed by atoms with E-state index in [4.69, 9.17) is 16.0 Å². The summed E-state index contributed by atoms with van der Waals surface area (Å²) in [6.07, 6.45) is 0.722. The molecule has 1 heterocycles. The summed E-state index contributed by atoms with van der Waals surface area (Å²) in [5, 5.41) is 6.29. The SMILES string of the molecule is [C-]#[N+]c1cccc2cc(C(=O)N(CC(=O)Nc3ccc(Oc4ccc(OC)cc4)cc3)CC(=O)NC(C)CC)[nH]c12. The van der Waals surface area contributed by atoms with Crippen LogP contribution >= 0.6 is 0 Å². The van der Waals surface area contributed by atoms with E-state index in [0.29, 0.717) is 33.8 Å². The molecule has 1 aromatic heterocycles. The number of ether oxygens (including phenoxy) is 2. The van der Waals surface area contributed by atoms with Crippen molar-refractivity contribution in [2.24, 2.45) is 0 Å². The fourth-order valence-corrected chi connectivity index (χ4v) is 4.07. The van der Waals surface area contributed by atoms with Gasteiger partial charge in [-0.15, -0.1) is 0 Å². The Labute approximate surface area is 238 Å². The zero-order valence-electron chi connectivity index (χ0n) is 23.1. The van der Waals surface area contributed by atoms with Crippen LogP contribution < -0.4 is 20.1 Å². The molecule has 4 rings (SSSR count). The molecule has 3 amide bonds. The van der Waals surface area contributed by atoms with Crippen LogP contribution in [0.15, 0.2) is 72.8 Å². The number of carbonyl (C=O) groups is 3. The number of fused-ring (bicyclic) bond motifs is 1. The highest BCUT2D eigenvalue weighted by Crippen LogP contribution is 2.27. The van der Waals surface area contributed by atoms with Gasteiger partial charge in [-0.3, -0.25) is 14.4 Å². The van der Waals surface area contributed by atoms with Crippen molar-refractivity contribution in [3.05, 3.63) is 89.9 Å². The number of nitrogens with one attached hydrogen (secondary N) is 3. The molecule has 3 aromatic carbocycles. The summed E-state index contributed by atoms with van der Waals surface area (Å²) in [6.45, 7) is 10.5. The number of nitrogens with zero attached hydrogens (tertiary/aromatic N) is 2. The van der Waals surface area contributed by atoms with Gasteiger partial charge < -0.3 is 30.0 Å². The number of carbonyl (C=O) groups excluding carboxylic acids is 3. The number of hydrogen-bond acceptors (Lipinski definition) is 5. The van der Waals surface area contributed by atoms with Crippen LogP contribution in [0.1, 0.15) is 30.8 Å². The monoisotopic (exact) mass is 553 g/mol. The fraction of sp³-hybridized carbons (Fsp3) is 0.226. The summed E-state index contributed by atoms with van der Waals surface area (Å²) >= 11 is 0. The van der Waals surface area contributed by atoms with Crippen molar-refractivity contribution in [3.63, 3.8) is 0 Å². The third-order valence-corrected chi connectivity index (χ3v) is 6.39. The Morgan fingerprint density at radius 2 is 1.59 bits per heavy atom. The molecule has 4 aromatic rings. The maximum atomic E-state index is 13.5. The number of anilines is 1. The van der Waals surface area contributed by atoms with Crippen LogP contribution in [0.5, 0.6) is 17.2 Å². The van der Waals surface area contributed by atoms with Gasteiger partial charge in [-0.1, -0.05) is 25.1 Å². The van der Waals surface area contributed by atoms with Crippen molar-refractivity contribution in [2.45, 2.75) is 26.3 Å². The average molecular weight is 554 g/mol. The average Bonchev–Trinajstić information content (AvgIpc) is 3.42. The zero-order chi connectivity index (χ0) is 29.4. The number of H-pyrrole nitrogens is 1. The van der Waals surface area contributed by atoms with Crippen LogP contribution in [-0.4, -0.2) is 53.8 Å². The maximum absolute atomic E-state index is 13.5. The summed E-state index contributed by atoms with van der Waals surface area (Å²) in [5.74, 6) is 0.542. The molecule has 10 nitrogen and oxygen atoms in total. The lowest BCUT2D eigenvalue weighted by Gasteiger charge is -2.22. The minimum Gasteiger partial charge on any atom is -0.497 e. The van der Waals surface area contributed by atoms with Gasteiger partial charge in [0.2, 0.25) is 17.5 Å². The van der Waals surface area contributed by atoms with E-state index in [0.717, 1.165) is 12.2 Å². The number of para-hydroxylation sites is 1. The van der Waals surface area contributed by atoms with Gasteiger partial charge in [0.25, 0.3) is 5.91 Å². The van der Waals surface area contributed by atoms with Crippen LogP contribution in [-0.2, 0) is 9.59 Å². The normalized spacial score (nSPS) is 11.3. The van der Waals surface area contributed by atoms with E-state index in [1.54, 1.807) is 79.9 Å². The largest absolute Gasteiger partial charge is 0.497 e. The van der Waals surface area contributed by atoms with E-state index < -0.39 is 11.8 Å². The Hall–Kier alpha value is -5.30. The summed E-state index contributed by atoms with van der Waals surface area (Å²) in [4.78, 5) is 46.8. The van der Waals surface area contributed by atoms with Crippen molar-refractivity contribution in [3.8, 4) is 17.2 Å². The third-order valence-electron chi connectivity index (χ3n) is 6.39. The summed E-state index contributed by atoms with van der Waals surface area (Å²) in [6, 6.07) is 20.6. The number of hydrogen-bond donors (Lipinski definition) is 3. The molecule has 210 valence electrons. The number of rotatable bonds is 11. The van der Waals surface area contributed by atoms with E-state index in [1.165, 1.54) is 4.90 Å². The Kier molecular flexibility index (Phi) is 9.22. The molecule has 0 aliphatic rings. The second-order valence-corrected chi connectivity index (χ2v) is 9.42. The van der Waals surface area contributed by atoms with Crippen LogP contribution in [0.4, 0.5) is 11.4 Å². The summed E-state index contributed by atoms with van der Waals surface area (Å²) in [5.41, 5.74) is 1.58. The van der Waals surface area contributed by atoms with E-state index in [-0.39, 0.29) is 30.7 Å². The van der Waals surface area contributed by atoms with Crippen molar-refractivity contribution in [1.82, 2.24) is 15.2 Å². The van der Waals surface area contributed by atoms with Gasteiger partial charge in [0.05, 0.1) is 19.2 Å². The first-order valence-electron chi connectivity index (χ1n) is 13.1. The molecule has 0 aliphatic carbocycles. The second kappa shape index (κ2) is 13.2. The Morgan fingerprint density at radius 1 is 0.951 bits per heavy atom. The highest BCUT2D eigenvalue weighted by atomic mass is 16.5. The lowest BCUT2D eigenvalue weighted by atomic mass is 10.2. The molecule has 0 radical (unpaired) electrons. The van der Waals surface area contributed by atoms with Crippen LogP contribution in [0, 0.1) is 6.57 Å². The van der Waals surface area contributed by atoms with Crippen molar-refractivity contribution in [1.29, 1.82) is 0 Å². The highest BCUT2D eigenvalue weighted by molar-refractivity contribution is 6.04. The number of aromatic nitrogens is 1. The Balaban J connectivity index is 1.46. The molecule has 3 N–H and O–H groups in total. The van der Waals surface area contributed by atoms with E-state index in [2.05, 4.69) is 20.5 Å². The Morgan fingerprint density at radius 3 is 2.22 bits per heavy atom. The summed E-state index contributed by atoms with van der Waals surface area (Å²) < 4.78 is 11.0. The summed E-state index contributed by atoms with van der Waals surface area (Å²) in [7, 11) is 1.59. The standard InChI is InChI=1S/C31H31N5O5/c1-5-20(2)33-28(37)18-36(31(39)27-17-21-7-6-8-26(32-3)30(21)35-27)19-29(38)34-22-9-11-24(12-10-22)41-25-15-13-23(40-4)14-16-25/h6-17,20,35H,5,18-19H2,1-2,4H3,(H,33,37)(H,34,38). The predicted molar refractivity (Wildman–Crippen MR) is 156 cm³/mol. The molecule has 0 fully saturated rings. The predicted octanol–water partition coefficient (Wildman–Crippen LogP) is 5.52. The van der Waals surface area contributed by atoms with Crippen LogP contribution in [0.25, 0.3) is 15.7 Å². The molecular weight excluding hydrogens is 522 g/mol.